The normalized spacial score (nSPS) is 10.2. The Labute approximate surface area is 96.0 Å². The summed E-state index contributed by atoms with van der Waals surface area (Å²) in [6, 6.07) is 3.71. The summed E-state index contributed by atoms with van der Waals surface area (Å²) in [6.45, 7) is -0.0312. The first-order valence-corrected chi connectivity index (χ1v) is 4.77. The van der Waals surface area contributed by atoms with Crippen molar-refractivity contribution >= 4 is 11.7 Å². The van der Waals surface area contributed by atoms with E-state index >= 15 is 0 Å². The first kappa shape index (κ1) is 11.1. The molecule has 1 aromatic carbocycles. The molecule has 0 radical (unpaired) electrons. The molecule has 0 atom stereocenters. The second kappa shape index (κ2) is 4.65. The molecule has 2 aromatic rings. The number of nitrogens with two attached hydrogens (primary N) is 1. The molecule has 1 heterocycles. The molecule has 0 spiro atoms. The van der Waals surface area contributed by atoms with Crippen molar-refractivity contribution in [3.05, 3.63) is 47.6 Å². The number of benzene rings is 1. The molecule has 0 saturated heterocycles. The quantitative estimate of drug-likeness (QED) is 0.648. The van der Waals surface area contributed by atoms with Crippen LogP contribution in [0.3, 0.4) is 0 Å². The molecule has 0 saturated carbocycles. The van der Waals surface area contributed by atoms with Gasteiger partial charge in [-0.2, -0.15) is 0 Å². The maximum atomic E-state index is 13.3. The molecule has 2 rings (SSSR count). The maximum absolute atomic E-state index is 13.3. The van der Waals surface area contributed by atoms with Crippen molar-refractivity contribution in [2.45, 2.75) is 6.61 Å². The summed E-state index contributed by atoms with van der Waals surface area (Å²) in [4.78, 5) is 11.5. The Morgan fingerprint density at radius 2 is 2.35 bits per heavy atom. The number of nitrogens with zero attached hydrogens (tertiary/aromatic N) is 1. The van der Waals surface area contributed by atoms with E-state index in [-0.39, 0.29) is 12.2 Å². The average molecular weight is 236 g/mol. The molecule has 0 bridgehead atoms. The smallest absolute Gasteiger partial charge is 0.341 e. The van der Waals surface area contributed by atoms with Gasteiger partial charge in [0.1, 0.15) is 18.7 Å². The van der Waals surface area contributed by atoms with Gasteiger partial charge in [-0.3, -0.25) is 0 Å². The number of ether oxygens (including phenoxy) is 1. The molecular weight excluding hydrogens is 227 g/mol. The van der Waals surface area contributed by atoms with Gasteiger partial charge in [0.2, 0.25) is 0 Å². The van der Waals surface area contributed by atoms with E-state index < -0.39 is 11.8 Å². The zero-order chi connectivity index (χ0) is 12.3. The number of esters is 1. The van der Waals surface area contributed by atoms with Gasteiger partial charge in [0.05, 0.1) is 11.8 Å². The molecule has 0 fully saturated rings. The largest absolute Gasteiger partial charge is 0.457 e. The van der Waals surface area contributed by atoms with Crippen LogP contribution < -0.4 is 5.73 Å². The van der Waals surface area contributed by atoms with Crippen LogP contribution in [0, 0.1) is 5.82 Å². The lowest BCUT2D eigenvalue weighted by Gasteiger charge is -2.04. The Kier molecular flexibility index (Phi) is 3.04. The van der Waals surface area contributed by atoms with Crippen LogP contribution in [0.25, 0.3) is 0 Å². The van der Waals surface area contributed by atoms with Gasteiger partial charge >= 0.3 is 5.97 Å². The van der Waals surface area contributed by atoms with Crippen molar-refractivity contribution < 1.29 is 18.4 Å². The molecule has 0 unspecified atom stereocenters. The summed E-state index contributed by atoms with van der Waals surface area (Å²) in [6.07, 6.45) is 2.74. The van der Waals surface area contributed by atoms with Crippen LogP contribution in [-0.4, -0.2) is 11.1 Å². The van der Waals surface area contributed by atoms with E-state index in [1.165, 1.54) is 24.6 Å². The minimum Gasteiger partial charge on any atom is -0.457 e. The second-order valence-corrected chi connectivity index (χ2v) is 3.35. The first-order chi connectivity index (χ1) is 8.16. The fraction of sp³-hybridized carbons (Fsp3) is 0.0909. The molecule has 88 valence electrons. The van der Waals surface area contributed by atoms with Crippen molar-refractivity contribution in [3.63, 3.8) is 0 Å². The molecule has 2 N–H and O–H groups in total. The van der Waals surface area contributed by atoms with E-state index in [0.717, 1.165) is 6.07 Å². The summed E-state index contributed by atoms with van der Waals surface area (Å²) in [5.41, 5.74) is 6.14. The van der Waals surface area contributed by atoms with Gasteiger partial charge in [-0.25, -0.2) is 9.18 Å². The average Bonchev–Trinajstić information content (AvgIpc) is 2.82. The van der Waals surface area contributed by atoms with Gasteiger partial charge in [-0.15, -0.1) is 0 Å². The van der Waals surface area contributed by atoms with Crippen LogP contribution in [-0.2, 0) is 11.3 Å². The number of nitrogen functional groups attached to an aromatic ring is 1. The van der Waals surface area contributed by atoms with Crippen LogP contribution in [0.1, 0.15) is 15.9 Å². The molecule has 1 aromatic heterocycles. The molecule has 0 amide bonds. The topological polar surface area (TPSA) is 78.4 Å². The highest BCUT2D eigenvalue weighted by atomic mass is 19.1. The maximum Gasteiger partial charge on any atom is 0.341 e. The number of hydrogen-bond acceptors (Lipinski definition) is 5. The lowest BCUT2D eigenvalue weighted by Crippen LogP contribution is -2.08. The lowest BCUT2D eigenvalue weighted by atomic mass is 10.2. The standard InChI is InChI=1S/C11H9FN2O3/c12-10-2-1-8(13)3-9(10)11(15)16-5-7-4-14-17-6-7/h1-4,6H,5,13H2. The van der Waals surface area contributed by atoms with Gasteiger partial charge in [-0.05, 0) is 18.2 Å². The van der Waals surface area contributed by atoms with E-state index in [9.17, 15) is 9.18 Å². The summed E-state index contributed by atoms with van der Waals surface area (Å²) < 4.78 is 22.7. The van der Waals surface area contributed by atoms with Gasteiger partial charge in [-0.1, -0.05) is 5.16 Å². The number of carbonyl (C=O) groups excluding carboxylic acids is 1. The number of anilines is 1. The fourth-order valence-electron chi connectivity index (χ4n) is 1.22. The van der Waals surface area contributed by atoms with E-state index in [4.69, 9.17) is 10.5 Å². The van der Waals surface area contributed by atoms with Gasteiger partial charge in [0.25, 0.3) is 0 Å². The summed E-state index contributed by atoms with van der Waals surface area (Å²) in [5.74, 6) is -1.45. The molecule has 17 heavy (non-hydrogen) atoms. The Hall–Kier alpha value is -2.37. The molecule has 0 aliphatic carbocycles. The number of aromatic nitrogens is 1. The molecular formula is C11H9FN2O3. The predicted molar refractivity (Wildman–Crippen MR) is 56.4 cm³/mol. The third-order valence-electron chi connectivity index (χ3n) is 2.06. The number of halogens is 1. The van der Waals surface area contributed by atoms with E-state index in [1.54, 1.807) is 0 Å². The van der Waals surface area contributed by atoms with Gasteiger partial charge < -0.3 is 15.0 Å². The highest BCUT2D eigenvalue weighted by Crippen LogP contribution is 2.14. The predicted octanol–water partition coefficient (Wildman–Crippen LogP) is 1.75. The minimum absolute atomic E-state index is 0.0312. The van der Waals surface area contributed by atoms with Crippen molar-refractivity contribution in [1.29, 1.82) is 0 Å². The van der Waals surface area contributed by atoms with Gasteiger partial charge in [0.15, 0.2) is 0 Å². The Bertz CT molecular complexity index is 526. The minimum atomic E-state index is -0.781. The van der Waals surface area contributed by atoms with Crippen LogP contribution in [0.4, 0.5) is 10.1 Å². The Morgan fingerprint density at radius 3 is 3.06 bits per heavy atom. The van der Waals surface area contributed by atoms with E-state index in [0.29, 0.717) is 11.3 Å². The zero-order valence-electron chi connectivity index (χ0n) is 8.72. The van der Waals surface area contributed by atoms with Crippen molar-refractivity contribution in [2.75, 3.05) is 5.73 Å². The number of hydrogen-bond donors (Lipinski definition) is 1. The molecule has 6 heteroatoms. The van der Waals surface area contributed by atoms with Crippen molar-refractivity contribution in [1.82, 2.24) is 5.16 Å². The number of carbonyl (C=O) groups is 1. The van der Waals surface area contributed by atoms with Gasteiger partial charge in [0, 0.05) is 11.3 Å². The summed E-state index contributed by atoms with van der Waals surface area (Å²) in [7, 11) is 0. The zero-order valence-corrected chi connectivity index (χ0v) is 8.72. The van der Waals surface area contributed by atoms with E-state index in [1.807, 2.05) is 0 Å². The highest BCUT2D eigenvalue weighted by molar-refractivity contribution is 5.90. The second-order valence-electron chi connectivity index (χ2n) is 3.35. The Balaban J connectivity index is 2.07. The molecule has 0 aliphatic rings. The molecule has 5 nitrogen and oxygen atoms in total. The third-order valence-corrected chi connectivity index (χ3v) is 2.06. The monoisotopic (exact) mass is 236 g/mol. The number of rotatable bonds is 3. The van der Waals surface area contributed by atoms with Crippen LogP contribution >= 0.6 is 0 Å². The SMILES string of the molecule is Nc1ccc(F)c(C(=O)OCc2cnoc2)c1. The van der Waals surface area contributed by atoms with Crippen molar-refractivity contribution in [2.24, 2.45) is 0 Å². The summed E-state index contributed by atoms with van der Waals surface area (Å²) >= 11 is 0. The van der Waals surface area contributed by atoms with Crippen LogP contribution in [0.2, 0.25) is 0 Å². The van der Waals surface area contributed by atoms with E-state index in [2.05, 4.69) is 9.68 Å². The van der Waals surface area contributed by atoms with Crippen LogP contribution in [0.15, 0.2) is 35.2 Å². The van der Waals surface area contributed by atoms with Crippen LogP contribution in [0.5, 0.6) is 0 Å². The van der Waals surface area contributed by atoms with Crippen molar-refractivity contribution in [3.8, 4) is 0 Å². The first-order valence-electron chi connectivity index (χ1n) is 4.77. The molecule has 0 aliphatic heterocycles. The summed E-state index contributed by atoms with van der Waals surface area (Å²) in [5, 5.41) is 3.44. The third kappa shape index (κ3) is 2.60. The lowest BCUT2D eigenvalue weighted by molar-refractivity contribution is 0.0467. The fourth-order valence-corrected chi connectivity index (χ4v) is 1.22. The Morgan fingerprint density at radius 1 is 1.53 bits per heavy atom. The highest BCUT2D eigenvalue weighted by Gasteiger charge is 2.13.